The number of para-hydroxylation sites is 1. The predicted molar refractivity (Wildman–Crippen MR) is 125 cm³/mol. The first-order valence-electron chi connectivity index (χ1n) is 11.9. The van der Waals surface area contributed by atoms with Crippen LogP contribution in [0.1, 0.15) is 56.2 Å². The van der Waals surface area contributed by atoms with Gasteiger partial charge in [-0.1, -0.05) is 37.1 Å². The summed E-state index contributed by atoms with van der Waals surface area (Å²) in [7, 11) is 0. The molecule has 5 rings (SSSR count). The first-order chi connectivity index (χ1) is 16.1. The molecule has 0 aromatic heterocycles. The molecule has 6 nitrogen and oxygen atoms in total. The van der Waals surface area contributed by atoms with E-state index in [2.05, 4.69) is 0 Å². The van der Waals surface area contributed by atoms with Gasteiger partial charge >= 0.3 is 0 Å². The van der Waals surface area contributed by atoms with Crippen LogP contribution in [-0.4, -0.2) is 41.5 Å². The molecule has 3 atom stereocenters. The Kier molecular flexibility index (Phi) is 6.02. The molecule has 33 heavy (non-hydrogen) atoms. The van der Waals surface area contributed by atoms with E-state index in [-0.39, 0.29) is 24.7 Å². The molecule has 1 saturated carbocycles. The van der Waals surface area contributed by atoms with Crippen LogP contribution in [0.3, 0.4) is 0 Å². The van der Waals surface area contributed by atoms with Crippen LogP contribution >= 0.6 is 0 Å². The Morgan fingerprint density at radius 1 is 1.18 bits per heavy atom. The molecular formula is C27H31NO5. The third kappa shape index (κ3) is 4.20. The molecule has 2 aromatic rings. The van der Waals surface area contributed by atoms with Crippen molar-refractivity contribution in [2.24, 2.45) is 5.92 Å². The zero-order chi connectivity index (χ0) is 22.8. The van der Waals surface area contributed by atoms with Crippen molar-refractivity contribution in [3.05, 3.63) is 59.7 Å². The van der Waals surface area contributed by atoms with Crippen molar-refractivity contribution in [1.82, 2.24) is 4.90 Å². The van der Waals surface area contributed by atoms with Gasteiger partial charge in [0.05, 0.1) is 18.2 Å². The van der Waals surface area contributed by atoms with Crippen LogP contribution in [-0.2, 0) is 4.79 Å². The van der Waals surface area contributed by atoms with Crippen LogP contribution in [0.4, 0.5) is 0 Å². The summed E-state index contributed by atoms with van der Waals surface area (Å²) in [6, 6.07) is 13.4. The third-order valence-electron chi connectivity index (χ3n) is 7.20. The minimum atomic E-state index is -0.736. The Bertz CT molecular complexity index is 1050. The lowest BCUT2D eigenvalue weighted by molar-refractivity contribution is -0.151. The molecule has 1 N–H and O–H groups in total. The van der Waals surface area contributed by atoms with E-state index in [1.54, 1.807) is 6.08 Å². The molecule has 2 heterocycles. The number of amides is 1. The van der Waals surface area contributed by atoms with E-state index in [0.717, 1.165) is 48.3 Å². The van der Waals surface area contributed by atoms with Gasteiger partial charge in [0.1, 0.15) is 5.75 Å². The quantitative estimate of drug-likeness (QED) is 0.669. The van der Waals surface area contributed by atoms with Gasteiger partial charge in [0, 0.05) is 24.1 Å². The third-order valence-corrected chi connectivity index (χ3v) is 7.20. The molecule has 2 aliphatic heterocycles. The summed E-state index contributed by atoms with van der Waals surface area (Å²) in [5, 5.41) is 11.5. The fourth-order valence-corrected chi connectivity index (χ4v) is 5.61. The molecule has 174 valence electrons. The lowest BCUT2D eigenvalue weighted by atomic mass is 9.66. The molecule has 0 unspecified atom stereocenters. The summed E-state index contributed by atoms with van der Waals surface area (Å²) in [4.78, 5) is 15.4. The average molecular weight is 450 g/mol. The van der Waals surface area contributed by atoms with E-state index in [4.69, 9.17) is 14.2 Å². The van der Waals surface area contributed by atoms with Crippen LogP contribution in [0, 0.1) is 5.92 Å². The van der Waals surface area contributed by atoms with Crippen molar-refractivity contribution in [3.63, 3.8) is 0 Å². The van der Waals surface area contributed by atoms with Gasteiger partial charge in [0.15, 0.2) is 11.5 Å². The zero-order valence-electron chi connectivity index (χ0n) is 19.0. The molecule has 0 bridgehead atoms. The molecule has 0 radical (unpaired) electrons. The molecule has 1 amide bonds. The first-order valence-corrected chi connectivity index (χ1v) is 11.9. The number of fused-ring (bicyclic) bond motifs is 2. The van der Waals surface area contributed by atoms with Gasteiger partial charge in [-0.15, -0.1) is 0 Å². The highest BCUT2D eigenvalue weighted by molar-refractivity contribution is 5.92. The van der Waals surface area contributed by atoms with E-state index in [1.165, 1.54) is 0 Å². The van der Waals surface area contributed by atoms with Crippen molar-refractivity contribution >= 4 is 12.0 Å². The SMILES string of the molecule is CCOc1ccccc1[C@@H]1[C@H]2CCCC[C@@]2(O)CCN1C(=O)/C=C/c1ccc2c(c1)OCO2. The minimum Gasteiger partial charge on any atom is -0.494 e. The number of nitrogens with zero attached hydrogens (tertiary/aromatic N) is 1. The normalized spacial score (nSPS) is 26.3. The first kappa shape index (κ1) is 21.8. The number of likely N-dealkylation sites (tertiary alicyclic amines) is 1. The zero-order valence-corrected chi connectivity index (χ0v) is 19.0. The molecule has 1 aliphatic carbocycles. The summed E-state index contributed by atoms with van der Waals surface area (Å²) in [6.45, 7) is 3.26. The summed E-state index contributed by atoms with van der Waals surface area (Å²) >= 11 is 0. The second-order valence-electron chi connectivity index (χ2n) is 9.10. The van der Waals surface area contributed by atoms with E-state index < -0.39 is 5.60 Å². The Morgan fingerprint density at radius 3 is 2.91 bits per heavy atom. The van der Waals surface area contributed by atoms with Crippen molar-refractivity contribution in [2.75, 3.05) is 19.9 Å². The summed E-state index contributed by atoms with van der Waals surface area (Å²) < 4.78 is 16.8. The van der Waals surface area contributed by atoms with Gasteiger partial charge in [-0.25, -0.2) is 0 Å². The predicted octanol–water partition coefficient (Wildman–Crippen LogP) is 4.72. The van der Waals surface area contributed by atoms with E-state index >= 15 is 0 Å². The smallest absolute Gasteiger partial charge is 0.247 e. The van der Waals surface area contributed by atoms with Crippen LogP contribution in [0.2, 0.25) is 0 Å². The fraction of sp³-hybridized carbons (Fsp3) is 0.444. The second kappa shape index (κ2) is 9.10. The number of rotatable bonds is 5. The van der Waals surface area contributed by atoms with E-state index in [9.17, 15) is 9.90 Å². The Labute approximate surface area is 194 Å². The maximum atomic E-state index is 13.5. The Hall–Kier alpha value is -2.99. The highest BCUT2D eigenvalue weighted by atomic mass is 16.7. The van der Waals surface area contributed by atoms with Crippen molar-refractivity contribution < 1.29 is 24.1 Å². The lowest BCUT2D eigenvalue weighted by Gasteiger charge is -2.52. The minimum absolute atomic E-state index is 0.00972. The van der Waals surface area contributed by atoms with Gasteiger partial charge in [-0.2, -0.15) is 0 Å². The number of piperidine rings is 1. The number of benzene rings is 2. The molecule has 0 spiro atoms. The number of hydrogen-bond donors (Lipinski definition) is 1. The molecule has 2 aromatic carbocycles. The van der Waals surface area contributed by atoms with Gasteiger partial charge in [0.25, 0.3) is 0 Å². The molecule has 2 fully saturated rings. The van der Waals surface area contributed by atoms with Gasteiger partial charge in [0.2, 0.25) is 12.7 Å². The Balaban J connectivity index is 1.46. The maximum absolute atomic E-state index is 13.5. The van der Waals surface area contributed by atoms with Crippen LogP contribution in [0.25, 0.3) is 6.08 Å². The number of aliphatic hydroxyl groups is 1. The van der Waals surface area contributed by atoms with Crippen LogP contribution < -0.4 is 14.2 Å². The monoisotopic (exact) mass is 449 g/mol. The van der Waals surface area contributed by atoms with Crippen LogP contribution in [0.15, 0.2) is 48.5 Å². The molecular weight excluding hydrogens is 418 g/mol. The number of ether oxygens (including phenoxy) is 3. The van der Waals surface area contributed by atoms with E-state index in [1.807, 2.05) is 60.4 Å². The number of hydrogen-bond acceptors (Lipinski definition) is 5. The standard InChI is InChI=1S/C27H31NO5/c1-2-31-22-9-4-3-7-20(22)26-21-8-5-6-14-27(21,30)15-16-28(26)25(29)13-11-19-10-12-23-24(17-19)33-18-32-23/h3-4,7,9-13,17,21,26,30H,2,5-6,8,14-16,18H2,1H3/b13-11+/t21-,26-,27-/m1/s1. The largest absolute Gasteiger partial charge is 0.494 e. The summed E-state index contributed by atoms with van der Waals surface area (Å²) in [5.41, 5.74) is 1.12. The summed E-state index contributed by atoms with van der Waals surface area (Å²) in [6.07, 6.45) is 7.84. The second-order valence-corrected chi connectivity index (χ2v) is 9.10. The molecule has 3 aliphatic rings. The average Bonchev–Trinajstić information content (AvgIpc) is 3.30. The Morgan fingerprint density at radius 2 is 2.03 bits per heavy atom. The van der Waals surface area contributed by atoms with Crippen molar-refractivity contribution in [3.8, 4) is 17.2 Å². The van der Waals surface area contributed by atoms with Crippen molar-refractivity contribution in [1.29, 1.82) is 0 Å². The highest BCUT2D eigenvalue weighted by Crippen LogP contribution is 2.51. The summed E-state index contributed by atoms with van der Waals surface area (Å²) in [5.74, 6) is 2.13. The topological polar surface area (TPSA) is 68.2 Å². The van der Waals surface area contributed by atoms with Gasteiger partial charge < -0.3 is 24.2 Å². The fourth-order valence-electron chi connectivity index (χ4n) is 5.61. The number of carbonyl (C=O) groups is 1. The highest BCUT2D eigenvalue weighted by Gasteiger charge is 2.50. The lowest BCUT2D eigenvalue weighted by Crippen LogP contribution is -2.56. The van der Waals surface area contributed by atoms with E-state index in [0.29, 0.717) is 25.3 Å². The maximum Gasteiger partial charge on any atom is 0.247 e. The van der Waals surface area contributed by atoms with Crippen molar-refractivity contribution in [2.45, 2.75) is 50.7 Å². The number of carbonyl (C=O) groups excluding carboxylic acids is 1. The molecule has 6 heteroatoms. The van der Waals surface area contributed by atoms with Crippen LogP contribution in [0.5, 0.6) is 17.2 Å². The molecule has 1 saturated heterocycles. The van der Waals surface area contributed by atoms with Gasteiger partial charge in [-0.05, 0) is 56.0 Å². The van der Waals surface area contributed by atoms with Gasteiger partial charge in [-0.3, -0.25) is 4.79 Å².